The van der Waals surface area contributed by atoms with Crippen molar-refractivity contribution in [3.63, 3.8) is 0 Å². The van der Waals surface area contributed by atoms with Gasteiger partial charge in [0, 0.05) is 32.2 Å². The third-order valence-corrected chi connectivity index (χ3v) is 6.64. The highest BCUT2D eigenvalue weighted by molar-refractivity contribution is 6.25. The third kappa shape index (κ3) is 6.45. The number of benzene rings is 2. The van der Waals surface area contributed by atoms with Crippen LogP contribution >= 0.6 is 0 Å². The highest BCUT2D eigenvalue weighted by Crippen LogP contribution is 2.32. The number of imide groups is 2. The van der Waals surface area contributed by atoms with E-state index in [1.165, 1.54) is 0 Å². The minimum absolute atomic E-state index is 0.0748. The zero-order valence-electron chi connectivity index (χ0n) is 22.7. The van der Waals surface area contributed by atoms with Crippen LogP contribution in [0.2, 0.25) is 0 Å². The molecule has 1 atom stereocenters. The van der Waals surface area contributed by atoms with E-state index < -0.39 is 35.3 Å². The van der Waals surface area contributed by atoms with E-state index in [1.807, 2.05) is 45.0 Å². The Labute approximate surface area is 227 Å². The number of nitrogens with one attached hydrogen (secondary N) is 2. The number of carbonyl (C=O) groups is 5. The minimum atomic E-state index is -1.00. The summed E-state index contributed by atoms with van der Waals surface area (Å²) in [5, 5.41) is 5.46. The van der Waals surface area contributed by atoms with Gasteiger partial charge >= 0.3 is 6.09 Å². The van der Waals surface area contributed by atoms with Crippen LogP contribution in [0.4, 0.5) is 10.5 Å². The number of amides is 5. The molecule has 5 amide bonds. The van der Waals surface area contributed by atoms with Crippen molar-refractivity contribution in [3.05, 3.63) is 64.7 Å². The van der Waals surface area contributed by atoms with Crippen molar-refractivity contribution in [1.82, 2.24) is 15.1 Å². The number of aryl methyl sites for hydroxylation is 1. The molecule has 2 aliphatic heterocycles. The fraction of sp³-hybridized carbons (Fsp3) is 0.414. The first kappa shape index (κ1) is 27.8. The Hall–Kier alpha value is -4.21. The van der Waals surface area contributed by atoms with Gasteiger partial charge in [-0.15, -0.1) is 0 Å². The minimum Gasteiger partial charge on any atom is -0.444 e. The molecule has 10 nitrogen and oxygen atoms in total. The normalized spacial score (nSPS) is 17.1. The fourth-order valence-electron chi connectivity index (χ4n) is 4.63. The molecule has 0 aliphatic carbocycles. The van der Waals surface area contributed by atoms with Gasteiger partial charge in [-0.2, -0.15) is 0 Å². The summed E-state index contributed by atoms with van der Waals surface area (Å²) in [4.78, 5) is 64.7. The molecule has 0 spiro atoms. The van der Waals surface area contributed by atoms with Crippen molar-refractivity contribution in [2.24, 2.45) is 0 Å². The van der Waals surface area contributed by atoms with E-state index in [1.54, 1.807) is 30.1 Å². The lowest BCUT2D eigenvalue weighted by molar-refractivity contribution is -0.136. The van der Waals surface area contributed by atoms with Crippen LogP contribution in [-0.2, 0) is 27.3 Å². The Bertz CT molecular complexity index is 1300. The number of ether oxygens (including phenoxy) is 1. The molecule has 0 aromatic heterocycles. The average molecular weight is 535 g/mol. The second-order valence-corrected chi connectivity index (χ2v) is 10.9. The van der Waals surface area contributed by atoms with Gasteiger partial charge in [0.15, 0.2) is 0 Å². The number of hydrogen-bond acceptors (Lipinski definition) is 7. The number of carbonyl (C=O) groups excluding carboxylic acids is 5. The third-order valence-electron chi connectivity index (χ3n) is 6.64. The van der Waals surface area contributed by atoms with Crippen LogP contribution < -0.4 is 10.6 Å². The van der Waals surface area contributed by atoms with Gasteiger partial charge in [-0.25, -0.2) is 4.79 Å². The fourth-order valence-corrected chi connectivity index (χ4v) is 4.63. The van der Waals surface area contributed by atoms with Crippen LogP contribution in [-0.4, -0.2) is 64.8 Å². The van der Waals surface area contributed by atoms with Crippen LogP contribution in [0.1, 0.15) is 71.9 Å². The van der Waals surface area contributed by atoms with Crippen molar-refractivity contribution in [2.45, 2.75) is 64.6 Å². The van der Waals surface area contributed by atoms with Crippen LogP contribution in [0, 0.1) is 0 Å². The van der Waals surface area contributed by atoms with E-state index in [2.05, 4.69) is 10.6 Å². The molecule has 0 saturated carbocycles. The number of fused-ring (bicyclic) bond motifs is 1. The lowest BCUT2D eigenvalue weighted by atomic mass is 10.0. The van der Waals surface area contributed by atoms with E-state index >= 15 is 0 Å². The van der Waals surface area contributed by atoms with Crippen molar-refractivity contribution in [2.75, 3.05) is 18.9 Å². The van der Waals surface area contributed by atoms with Gasteiger partial charge in [0.05, 0.1) is 11.1 Å². The molecule has 1 unspecified atom stereocenters. The molecule has 2 aromatic rings. The van der Waals surface area contributed by atoms with Crippen LogP contribution in [0.5, 0.6) is 0 Å². The summed E-state index contributed by atoms with van der Waals surface area (Å²) in [7, 11) is 1.73. The molecular weight excluding hydrogens is 500 g/mol. The molecule has 206 valence electrons. The molecule has 0 bridgehead atoms. The van der Waals surface area contributed by atoms with Crippen LogP contribution in [0.15, 0.2) is 42.5 Å². The maximum atomic E-state index is 13.2. The Balaban J connectivity index is 1.34. The Morgan fingerprint density at radius 2 is 1.74 bits per heavy atom. The smallest absolute Gasteiger partial charge is 0.410 e. The molecule has 2 aliphatic rings. The standard InChI is InChI=1S/C29H34N4O6/c1-29(2,3)39-28(38)32(4)16-6-7-18-10-12-19(13-11-18)17-30-21-9-5-8-20-24(21)27(37)33(26(20)36)22-14-15-23(34)31-25(22)35/h5,8-13,22,30H,6-7,14-17H2,1-4H3,(H,31,34,35). The average Bonchev–Trinajstić information content (AvgIpc) is 3.13. The molecule has 2 aromatic carbocycles. The van der Waals surface area contributed by atoms with Gasteiger partial charge in [-0.05, 0) is 63.3 Å². The molecular formula is C29H34N4O6. The van der Waals surface area contributed by atoms with Gasteiger partial charge in [-0.3, -0.25) is 29.4 Å². The first-order valence-electron chi connectivity index (χ1n) is 13.0. The second kappa shape index (κ2) is 11.3. The van der Waals surface area contributed by atoms with Crippen molar-refractivity contribution in [1.29, 1.82) is 0 Å². The van der Waals surface area contributed by atoms with Crippen molar-refractivity contribution < 1.29 is 28.7 Å². The summed E-state index contributed by atoms with van der Waals surface area (Å²) in [5.74, 6) is -2.12. The molecule has 4 rings (SSSR count). The lowest BCUT2D eigenvalue weighted by Gasteiger charge is -2.27. The Morgan fingerprint density at radius 3 is 2.41 bits per heavy atom. The van der Waals surface area contributed by atoms with Crippen LogP contribution in [0.3, 0.4) is 0 Å². The molecule has 2 heterocycles. The van der Waals surface area contributed by atoms with Gasteiger partial charge in [0.2, 0.25) is 11.8 Å². The van der Waals surface area contributed by atoms with Gasteiger partial charge in [0.1, 0.15) is 11.6 Å². The zero-order valence-corrected chi connectivity index (χ0v) is 22.7. The van der Waals surface area contributed by atoms with Gasteiger partial charge < -0.3 is 15.0 Å². The molecule has 2 N–H and O–H groups in total. The SMILES string of the molecule is CN(CCCc1ccc(CNc2cccc3c2C(=O)N(C2CCC(=O)NC2=O)C3=O)cc1)C(=O)OC(C)(C)C. The largest absolute Gasteiger partial charge is 0.444 e. The monoisotopic (exact) mass is 534 g/mol. The number of rotatable bonds is 8. The van der Waals surface area contributed by atoms with E-state index in [0.717, 1.165) is 28.9 Å². The van der Waals surface area contributed by atoms with E-state index in [-0.39, 0.29) is 30.1 Å². The first-order chi connectivity index (χ1) is 18.4. The van der Waals surface area contributed by atoms with Gasteiger partial charge in [-0.1, -0.05) is 30.3 Å². The van der Waals surface area contributed by atoms with E-state index in [0.29, 0.717) is 18.8 Å². The van der Waals surface area contributed by atoms with Crippen molar-refractivity contribution >= 4 is 35.4 Å². The summed E-state index contributed by atoms with van der Waals surface area (Å²) in [6, 6.07) is 12.0. The highest BCUT2D eigenvalue weighted by Gasteiger charge is 2.45. The van der Waals surface area contributed by atoms with Crippen LogP contribution in [0.25, 0.3) is 0 Å². The Kier molecular flexibility index (Phi) is 8.03. The molecule has 1 fully saturated rings. The number of anilines is 1. The lowest BCUT2D eigenvalue weighted by Crippen LogP contribution is -2.54. The van der Waals surface area contributed by atoms with E-state index in [9.17, 15) is 24.0 Å². The molecule has 39 heavy (non-hydrogen) atoms. The molecule has 0 radical (unpaired) electrons. The number of piperidine rings is 1. The maximum Gasteiger partial charge on any atom is 0.410 e. The maximum absolute atomic E-state index is 13.2. The summed E-state index contributed by atoms with van der Waals surface area (Å²) >= 11 is 0. The number of nitrogens with zero attached hydrogens (tertiary/aromatic N) is 2. The number of hydrogen-bond donors (Lipinski definition) is 2. The summed E-state index contributed by atoms with van der Waals surface area (Å²) in [6.45, 7) is 6.54. The summed E-state index contributed by atoms with van der Waals surface area (Å²) < 4.78 is 5.37. The quantitative estimate of drug-likeness (QED) is 0.497. The predicted molar refractivity (Wildman–Crippen MR) is 144 cm³/mol. The van der Waals surface area contributed by atoms with Crippen molar-refractivity contribution in [3.8, 4) is 0 Å². The zero-order chi connectivity index (χ0) is 28.3. The van der Waals surface area contributed by atoms with E-state index in [4.69, 9.17) is 4.74 Å². The summed E-state index contributed by atoms with van der Waals surface area (Å²) in [6.07, 6.45) is 1.45. The topological polar surface area (TPSA) is 125 Å². The highest BCUT2D eigenvalue weighted by atomic mass is 16.6. The van der Waals surface area contributed by atoms with Gasteiger partial charge in [0.25, 0.3) is 11.8 Å². The molecule has 1 saturated heterocycles. The summed E-state index contributed by atoms with van der Waals surface area (Å²) in [5.41, 5.74) is 2.58. The predicted octanol–water partition coefficient (Wildman–Crippen LogP) is 3.50. The Morgan fingerprint density at radius 1 is 1.05 bits per heavy atom. The molecule has 10 heteroatoms. The first-order valence-corrected chi connectivity index (χ1v) is 13.0. The second-order valence-electron chi connectivity index (χ2n) is 10.9.